The molecule has 264 valence electrons. The minimum absolute atomic E-state index is 0.289. The van der Waals surface area contributed by atoms with Crippen molar-refractivity contribution < 1.29 is 0 Å². The van der Waals surface area contributed by atoms with E-state index in [1.54, 1.807) is 0 Å². The Morgan fingerprint density at radius 3 is 2.14 bits per heavy atom. The molecule has 0 spiro atoms. The predicted molar refractivity (Wildman–Crippen MR) is 240 cm³/mol. The summed E-state index contributed by atoms with van der Waals surface area (Å²) in [7, 11) is 0. The molecule has 12 rings (SSSR count). The van der Waals surface area contributed by atoms with E-state index in [2.05, 4.69) is 204 Å². The first-order valence-electron chi connectivity index (χ1n) is 19.5. The maximum Gasteiger partial charge on any atom is 0.0555 e. The molecule has 56 heavy (non-hydrogen) atoms. The van der Waals surface area contributed by atoms with Gasteiger partial charge in [0, 0.05) is 59.3 Å². The van der Waals surface area contributed by atoms with Crippen molar-refractivity contribution in [1.82, 2.24) is 4.57 Å². The molecule has 2 unspecified atom stereocenters. The molecule has 3 heterocycles. The topological polar surface area (TPSA) is 8.17 Å². The number of benzene rings is 8. The molecule has 0 radical (unpaired) electrons. The van der Waals surface area contributed by atoms with Gasteiger partial charge in [-0.05, 0) is 106 Å². The maximum atomic E-state index is 2.52. The van der Waals surface area contributed by atoms with Crippen molar-refractivity contribution in [2.75, 3.05) is 4.90 Å². The van der Waals surface area contributed by atoms with E-state index in [1.165, 1.54) is 103 Å². The lowest BCUT2D eigenvalue weighted by Crippen LogP contribution is -2.18. The zero-order valence-corrected chi connectivity index (χ0v) is 31.7. The molecule has 0 fully saturated rings. The Labute approximate surface area is 329 Å². The van der Waals surface area contributed by atoms with Gasteiger partial charge >= 0.3 is 0 Å². The van der Waals surface area contributed by atoms with Gasteiger partial charge in [-0.25, -0.2) is 0 Å². The summed E-state index contributed by atoms with van der Waals surface area (Å²) in [6, 6.07) is 63.1. The van der Waals surface area contributed by atoms with Crippen LogP contribution < -0.4 is 4.90 Å². The van der Waals surface area contributed by atoms with Crippen LogP contribution in [-0.2, 0) is 0 Å². The zero-order valence-electron chi connectivity index (χ0n) is 30.9. The van der Waals surface area contributed by atoms with Gasteiger partial charge in [-0.2, -0.15) is 0 Å². The molecular weight excluding hydrogens is 697 g/mol. The molecule has 2 aromatic heterocycles. The number of hydrogen-bond acceptors (Lipinski definition) is 2. The van der Waals surface area contributed by atoms with Crippen LogP contribution in [0, 0.1) is 5.92 Å². The Bertz CT molecular complexity index is 3280. The standard InChI is InChI=1S/C53H36N2S/c1-33-12-9-22-49-53(33)45-30-38(25-27-48(45)55(49)46-21-11-16-35-15-5-6-19-40(35)46)37-24-26-47-42(29-37)43-31-44-41-20-7-8-23-51(41)56-52(44)32-50(43)54(47)39-18-10-17-36(28-39)34-13-3-2-4-14-34/h2-33,53H,1H3. The highest BCUT2D eigenvalue weighted by atomic mass is 32.1. The van der Waals surface area contributed by atoms with Crippen LogP contribution in [0.2, 0.25) is 0 Å². The van der Waals surface area contributed by atoms with Gasteiger partial charge in [0.2, 0.25) is 0 Å². The predicted octanol–water partition coefficient (Wildman–Crippen LogP) is 15.0. The lowest BCUT2D eigenvalue weighted by Gasteiger charge is -2.28. The van der Waals surface area contributed by atoms with Crippen molar-refractivity contribution in [3.8, 4) is 27.9 Å². The Balaban J connectivity index is 1.06. The summed E-state index contributed by atoms with van der Waals surface area (Å²) in [4.78, 5) is 2.52. The number of nitrogens with zero attached hydrogens (tertiary/aromatic N) is 2. The Kier molecular flexibility index (Phi) is 6.87. The van der Waals surface area contributed by atoms with E-state index in [4.69, 9.17) is 0 Å². The van der Waals surface area contributed by atoms with Crippen molar-refractivity contribution >= 4 is 75.5 Å². The van der Waals surface area contributed by atoms with Gasteiger partial charge < -0.3 is 9.47 Å². The van der Waals surface area contributed by atoms with Crippen LogP contribution in [0.3, 0.4) is 0 Å². The molecule has 2 nitrogen and oxygen atoms in total. The monoisotopic (exact) mass is 732 g/mol. The van der Waals surface area contributed by atoms with Crippen molar-refractivity contribution in [3.63, 3.8) is 0 Å². The fraction of sp³-hybridized carbons (Fsp3) is 0.0566. The van der Waals surface area contributed by atoms with E-state index in [0.717, 1.165) is 0 Å². The molecule has 3 heteroatoms. The van der Waals surface area contributed by atoms with E-state index in [1.807, 2.05) is 11.3 Å². The smallest absolute Gasteiger partial charge is 0.0555 e. The quantitative estimate of drug-likeness (QED) is 0.175. The largest absolute Gasteiger partial charge is 0.313 e. The first-order chi connectivity index (χ1) is 27.7. The molecular formula is C53H36N2S. The Morgan fingerprint density at radius 2 is 1.21 bits per heavy atom. The average molecular weight is 733 g/mol. The van der Waals surface area contributed by atoms with Gasteiger partial charge in [0.1, 0.15) is 0 Å². The molecule has 1 aliphatic heterocycles. The molecule has 2 aliphatic rings. The van der Waals surface area contributed by atoms with Crippen LogP contribution in [0.4, 0.5) is 11.4 Å². The minimum Gasteiger partial charge on any atom is -0.313 e. The summed E-state index contributed by atoms with van der Waals surface area (Å²) in [5.74, 6) is 0.676. The first kappa shape index (κ1) is 31.6. The summed E-state index contributed by atoms with van der Waals surface area (Å²) < 4.78 is 5.12. The lowest BCUT2D eigenvalue weighted by atomic mass is 9.83. The third-order valence-corrected chi connectivity index (χ3v) is 13.3. The molecule has 1 aliphatic carbocycles. The van der Waals surface area contributed by atoms with Crippen LogP contribution in [0.25, 0.3) is 80.7 Å². The second kappa shape index (κ2) is 12.2. The van der Waals surface area contributed by atoms with E-state index in [0.29, 0.717) is 5.92 Å². The summed E-state index contributed by atoms with van der Waals surface area (Å²) >= 11 is 1.88. The number of rotatable bonds is 4. The molecule has 0 saturated carbocycles. The number of fused-ring (bicyclic) bond motifs is 10. The molecule has 0 bridgehead atoms. The zero-order chi connectivity index (χ0) is 36.9. The summed E-state index contributed by atoms with van der Waals surface area (Å²) in [6.45, 7) is 2.36. The number of aromatic nitrogens is 1. The second-order valence-electron chi connectivity index (χ2n) is 15.4. The van der Waals surface area contributed by atoms with E-state index >= 15 is 0 Å². The van der Waals surface area contributed by atoms with E-state index in [-0.39, 0.29) is 5.92 Å². The van der Waals surface area contributed by atoms with Crippen LogP contribution in [-0.4, -0.2) is 4.57 Å². The van der Waals surface area contributed by atoms with Gasteiger partial charge in [0.25, 0.3) is 0 Å². The van der Waals surface area contributed by atoms with Crippen LogP contribution in [0.1, 0.15) is 18.4 Å². The number of hydrogen-bond donors (Lipinski definition) is 0. The Morgan fingerprint density at radius 1 is 0.482 bits per heavy atom. The van der Waals surface area contributed by atoms with Crippen LogP contribution >= 0.6 is 11.3 Å². The summed E-state index contributed by atoms with van der Waals surface area (Å²) in [5, 5.41) is 7.74. The van der Waals surface area contributed by atoms with Gasteiger partial charge in [0.05, 0.1) is 16.7 Å². The summed E-state index contributed by atoms with van der Waals surface area (Å²) in [6.07, 6.45) is 6.93. The minimum atomic E-state index is 0.289. The van der Waals surface area contributed by atoms with Crippen molar-refractivity contribution in [2.24, 2.45) is 5.92 Å². The third-order valence-electron chi connectivity index (χ3n) is 12.2. The van der Waals surface area contributed by atoms with Gasteiger partial charge in [-0.15, -0.1) is 11.3 Å². The van der Waals surface area contributed by atoms with Crippen molar-refractivity contribution in [1.29, 1.82) is 0 Å². The normalized spacial score (nSPS) is 16.3. The van der Waals surface area contributed by atoms with E-state index in [9.17, 15) is 0 Å². The molecule has 0 saturated heterocycles. The lowest BCUT2D eigenvalue weighted by molar-refractivity contribution is 0.619. The van der Waals surface area contributed by atoms with Gasteiger partial charge in [0.15, 0.2) is 0 Å². The number of thiophene rings is 1. The Hall–Kier alpha value is -6.68. The summed E-state index contributed by atoms with van der Waals surface area (Å²) in [5.41, 5.74) is 13.8. The number of allylic oxidation sites excluding steroid dienone is 4. The number of anilines is 2. The van der Waals surface area contributed by atoms with Crippen LogP contribution in [0.15, 0.2) is 194 Å². The molecule has 10 aromatic rings. The fourth-order valence-corrected chi connectivity index (χ4v) is 10.7. The third kappa shape index (κ3) is 4.68. The maximum absolute atomic E-state index is 2.52. The van der Waals surface area contributed by atoms with Crippen molar-refractivity contribution in [2.45, 2.75) is 12.8 Å². The van der Waals surface area contributed by atoms with Gasteiger partial charge in [-0.1, -0.05) is 128 Å². The first-order valence-corrected chi connectivity index (χ1v) is 20.4. The molecule has 2 atom stereocenters. The van der Waals surface area contributed by atoms with Gasteiger partial charge in [-0.3, -0.25) is 0 Å². The highest BCUT2D eigenvalue weighted by Crippen LogP contribution is 2.54. The second-order valence-corrected chi connectivity index (χ2v) is 16.5. The highest BCUT2D eigenvalue weighted by molar-refractivity contribution is 7.25. The highest BCUT2D eigenvalue weighted by Gasteiger charge is 2.38. The molecule has 0 N–H and O–H groups in total. The van der Waals surface area contributed by atoms with Crippen molar-refractivity contribution in [3.05, 3.63) is 199 Å². The molecule has 0 amide bonds. The fourth-order valence-electron chi connectivity index (χ4n) is 9.62. The average Bonchev–Trinajstić information content (AvgIpc) is 3.90. The SMILES string of the molecule is CC1C=CC=C2C1c1cc(-c3ccc4c(c3)c3cc5c(cc3n4-c3cccc(-c4ccccc4)c3)sc3ccccc35)ccc1N2c1cccc2ccccc12. The van der Waals surface area contributed by atoms with E-state index < -0.39 is 0 Å². The molecule has 8 aromatic carbocycles. The van der Waals surface area contributed by atoms with Crippen LogP contribution in [0.5, 0.6) is 0 Å².